The predicted molar refractivity (Wildman–Crippen MR) is 89.6 cm³/mol. The third-order valence-electron chi connectivity index (χ3n) is 3.97. The molecule has 0 N–H and O–H groups in total. The summed E-state index contributed by atoms with van der Waals surface area (Å²) in [5, 5.41) is 0. The third-order valence-corrected chi connectivity index (χ3v) is 5.83. The molecule has 2 heterocycles. The lowest BCUT2D eigenvalue weighted by atomic mass is 10.1. The highest BCUT2D eigenvalue weighted by Crippen LogP contribution is 2.25. The van der Waals surface area contributed by atoms with Crippen molar-refractivity contribution in [1.29, 1.82) is 0 Å². The molecule has 0 saturated carbocycles. The van der Waals surface area contributed by atoms with Crippen LogP contribution in [0.2, 0.25) is 0 Å². The Morgan fingerprint density at radius 3 is 2.71 bits per heavy atom. The summed E-state index contributed by atoms with van der Waals surface area (Å²) in [4.78, 5) is 4.19. The van der Waals surface area contributed by atoms with Crippen molar-refractivity contribution in [2.24, 2.45) is 0 Å². The summed E-state index contributed by atoms with van der Waals surface area (Å²) in [5.74, 6) is 1.23. The molecule has 1 saturated heterocycles. The lowest BCUT2D eigenvalue weighted by Crippen LogP contribution is -2.44. The van der Waals surface area contributed by atoms with Crippen LogP contribution in [0.25, 0.3) is 0 Å². The van der Waals surface area contributed by atoms with Crippen molar-refractivity contribution in [2.45, 2.75) is 23.8 Å². The van der Waals surface area contributed by atoms with Gasteiger partial charge in [-0.25, -0.2) is 8.42 Å². The van der Waals surface area contributed by atoms with Crippen LogP contribution in [0, 0.1) is 0 Å². The smallest absolute Gasteiger partial charge is 0.243 e. The fourth-order valence-electron chi connectivity index (χ4n) is 2.74. The van der Waals surface area contributed by atoms with Crippen molar-refractivity contribution in [2.75, 3.05) is 20.2 Å². The molecule has 6 nitrogen and oxygen atoms in total. The second-order valence-electron chi connectivity index (χ2n) is 5.61. The fraction of sp³-hybridized carbons (Fsp3) is 0.353. The molecule has 1 atom stereocenters. The van der Waals surface area contributed by atoms with Crippen LogP contribution in [0.4, 0.5) is 0 Å². The first-order valence-electron chi connectivity index (χ1n) is 7.80. The Morgan fingerprint density at radius 1 is 1.17 bits per heavy atom. The number of ether oxygens (including phenoxy) is 2. The van der Waals surface area contributed by atoms with Crippen molar-refractivity contribution in [3.63, 3.8) is 0 Å². The zero-order chi connectivity index (χ0) is 17.0. The van der Waals surface area contributed by atoms with Crippen LogP contribution in [0.1, 0.15) is 12.8 Å². The number of methoxy groups -OCH3 is 1. The van der Waals surface area contributed by atoms with E-state index in [2.05, 4.69) is 4.98 Å². The predicted octanol–water partition coefficient (Wildman–Crippen LogP) is 2.32. The molecule has 0 unspecified atom stereocenters. The highest BCUT2D eigenvalue weighted by Gasteiger charge is 2.31. The second-order valence-corrected chi connectivity index (χ2v) is 7.54. The number of piperidine rings is 1. The molecule has 1 fully saturated rings. The van der Waals surface area contributed by atoms with Crippen molar-refractivity contribution in [3.8, 4) is 11.5 Å². The van der Waals surface area contributed by atoms with Gasteiger partial charge in [0.2, 0.25) is 10.0 Å². The first kappa shape index (κ1) is 16.7. The summed E-state index contributed by atoms with van der Waals surface area (Å²) >= 11 is 0. The van der Waals surface area contributed by atoms with Gasteiger partial charge in [0.1, 0.15) is 17.6 Å². The molecule has 7 heteroatoms. The number of pyridine rings is 1. The fourth-order valence-corrected chi connectivity index (χ4v) is 4.29. The van der Waals surface area contributed by atoms with E-state index in [0.29, 0.717) is 24.6 Å². The third kappa shape index (κ3) is 3.68. The quantitative estimate of drug-likeness (QED) is 0.829. The van der Waals surface area contributed by atoms with E-state index in [0.717, 1.165) is 12.8 Å². The molecule has 128 valence electrons. The molecule has 1 aliphatic rings. The van der Waals surface area contributed by atoms with Gasteiger partial charge in [-0.15, -0.1) is 0 Å². The van der Waals surface area contributed by atoms with Gasteiger partial charge >= 0.3 is 0 Å². The molecule has 1 aromatic carbocycles. The molecule has 0 aliphatic carbocycles. The molecular formula is C17H20N2O4S. The number of hydrogen-bond donors (Lipinski definition) is 0. The molecular weight excluding hydrogens is 328 g/mol. The largest absolute Gasteiger partial charge is 0.497 e. The molecule has 0 spiro atoms. The molecule has 2 aromatic rings. The van der Waals surface area contributed by atoms with Gasteiger partial charge in [-0.2, -0.15) is 4.31 Å². The van der Waals surface area contributed by atoms with Crippen molar-refractivity contribution in [3.05, 3.63) is 48.8 Å². The van der Waals surface area contributed by atoms with Gasteiger partial charge in [-0.3, -0.25) is 4.98 Å². The normalized spacial score (nSPS) is 19.0. The first-order valence-corrected chi connectivity index (χ1v) is 9.24. The lowest BCUT2D eigenvalue weighted by Gasteiger charge is -2.32. The Morgan fingerprint density at radius 2 is 1.96 bits per heavy atom. The first-order chi connectivity index (χ1) is 11.6. The molecule has 0 radical (unpaired) electrons. The van der Waals surface area contributed by atoms with Crippen LogP contribution in [-0.4, -0.2) is 44.0 Å². The number of sulfonamides is 1. The highest BCUT2D eigenvalue weighted by atomic mass is 32.2. The van der Waals surface area contributed by atoms with E-state index >= 15 is 0 Å². The van der Waals surface area contributed by atoms with Gasteiger partial charge in [0.25, 0.3) is 0 Å². The summed E-state index contributed by atoms with van der Waals surface area (Å²) in [5.41, 5.74) is 0. The maximum absolute atomic E-state index is 12.9. The van der Waals surface area contributed by atoms with Crippen LogP contribution in [-0.2, 0) is 10.0 Å². The molecule has 24 heavy (non-hydrogen) atoms. The Hall–Kier alpha value is -2.12. The number of rotatable bonds is 5. The average Bonchev–Trinajstić information content (AvgIpc) is 2.63. The van der Waals surface area contributed by atoms with E-state index < -0.39 is 10.0 Å². The zero-order valence-electron chi connectivity index (χ0n) is 13.5. The van der Waals surface area contributed by atoms with Gasteiger partial charge < -0.3 is 9.47 Å². The van der Waals surface area contributed by atoms with Crippen LogP contribution in [0.5, 0.6) is 11.5 Å². The maximum Gasteiger partial charge on any atom is 0.243 e. The zero-order valence-corrected chi connectivity index (χ0v) is 14.3. The topological polar surface area (TPSA) is 68.7 Å². The van der Waals surface area contributed by atoms with E-state index in [-0.39, 0.29) is 11.0 Å². The molecule has 3 rings (SSSR count). The van der Waals surface area contributed by atoms with E-state index in [1.165, 1.54) is 11.4 Å². The lowest BCUT2D eigenvalue weighted by molar-refractivity contribution is 0.129. The van der Waals surface area contributed by atoms with E-state index in [1.807, 2.05) is 0 Å². The van der Waals surface area contributed by atoms with Crippen molar-refractivity contribution < 1.29 is 17.9 Å². The van der Waals surface area contributed by atoms with Gasteiger partial charge in [-0.05, 0) is 37.1 Å². The Bertz CT molecular complexity index is 780. The SMILES string of the molecule is COc1cccc(S(=O)(=O)N2CCC[C@H](Oc3ccncc3)C2)c1. The maximum atomic E-state index is 12.9. The second kappa shape index (κ2) is 7.19. The average molecular weight is 348 g/mol. The molecule has 1 aromatic heterocycles. The number of aromatic nitrogens is 1. The van der Waals surface area contributed by atoms with Gasteiger partial charge in [0.05, 0.1) is 18.6 Å². The number of hydrogen-bond acceptors (Lipinski definition) is 5. The van der Waals surface area contributed by atoms with E-state index in [1.54, 1.807) is 48.8 Å². The highest BCUT2D eigenvalue weighted by molar-refractivity contribution is 7.89. The van der Waals surface area contributed by atoms with Crippen molar-refractivity contribution >= 4 is 10.0 Å². The van der Waals surface area contributed by atoms with E-state index in [4.69, 9.17) is 9.47 Å². The Kier molecular flexibility index (Phi) is 5.01. The molecule has 0 bridgehead atoms. The number of benzene rings is 1. The summed E-state index contributed by atoms with van der Waals surface area (Å²) in [6.45, 7) is 0.831. The monoisotopic (exact) mass is 348 g/mol. The minimum absolute atomic E-state index is 0.165. The summed E-state index contributed by atoms with van der Waals surface area (Å²) in [6, 6.07) is 10.1. The van der Waals surface area contributed by atoms with Crippen molar-refractivity contribution in [1.82, 2.24) is 9.29 Å². The van der Waals surface area contributed by atoms with Gasteiger partial charge in [-0.1, -0.05) is 6.07 Å². The summed E-state index contributed by atoms with van der Waals surface area (Å²) in [6.07, 6.45) is 4.73. The minimum atomic E-state index is -3.56. The van der Waals surface area contributed by atoms with Crippen LogP contribution < -0.4 is 9.47 Å². The van der Waals surface area contributed by atoms with Crippen LogP contribution in [0.15, 0.2) is 53.7 Å². The Balaban J connectivity index is 1.75. The van der Waals surface area contributed by atoms with Gasteiger partial charge in [0.15, 0.2) is 0 Å². The standard InChI is InChI=1S/C17H20N2O4S/c1-22-15-4-2-6-17(12-15)24(20,21)19-11-3-5-16(13-19)23-14-7-9-18-10-8-14/h2,4,6-10,12,16H,3,5,11,13H2,1H3/t16-/m0/s1. The Labute approximate surface area is 142 Å². The van der Waals surface area contributed by atoms with Gasteiger partial charge in [0, 0.05) is 25.0 Å². The van der Waals surface area contributed by atoms with E-state index in [9.17, 15) is 8.42 Å². The van der Waals surface area contributed by atoms with Crippen LogP contribution >= 0.6 is 0 Å². The molecule has 0 amide bonds. The summed E-state index contributed by atoms with van der Waals surface area (Å²) < 4.78 is 38.2. The van der Waals surface area contributed by atoms with Crippen LogP contribution in [0.3, 0.4) is 0 Å². The number of nitrogens with zero attached hydrogens (tertiary/aromatic N) is 2. The minimum Gasteiger partial charge on any atom is -0.497 e. The molecule has 1 aliphatic heterocycles. The summed E-state index contributed by atoms with van der Waals surface area (Å²) in [7, 11) is -2.04.